The Morgan fingerprint density at radius 1 is 1.47 bits per heavy atom. The van der Waals surface area contributed by atoms with Crippen LogP contribution in [0.4, 0.5) is 5.95 Å². The number of fused-ring (bicyclic) bond motifs is 1. The molecule has 1 aliphatic rings. The zero-order valence-electron chi connectivity index (χ0n) is 9.06. The van der Waals surface area contributed by atoms with Crippen molar-refractivity contribution in [1.82, 2.24) is 19.3 Å². The lowest BCUT2D eigenvalue weighted by atomic mass is 10.3. The van der Waals surface area contributed by atoms with E-state index >= 15 is 0 Å². The van der Waals surface area contributed by atoms with E-state index in [4.69, 9.17) is 5.73 Å². The van der Waals surface area contributed by atoms with E-state index in [0.717, 1.165) is 23.3 Å². The zero-order chi connectivity index (χ0) is 10.6. The van der Waals surface area contributed by atoms with E-state index in [0.29, 0.717) is 12.0 Å². The Kier molecular flexibility index (Phi) is 1.60. The molecule has 0 unspecified atom stereocenters. The molecule has 0 atom stereocenters. The second-order valence-corrected chi connectivity index (χ2v) is 4.17. The summed E-state index contributed by atoms with van der Waals surface area (Å²) in [7, 11) is 1.96. The highest BCUT2D eigenvalue weighted by molar-refractivity contribution is 5.78. The van der Waals surface area contributed by atoms with Gasteiger partial charge < -0.3 is 5.73 Å². The first kappa shape index (κ1) is 8.76. The second-order valence-electron chi connectivity index (χ2n) is 4.17. The van der Waals surface area contributed by atoms with Crippen molar-refractivity contribution in [3.63, 3.8) is 0 Å². The number of imidazole rings is 1. The molecule has 0 spiro atoms. The molecule has 15 heavy (non-hydrogen) atoms. The first-order valence-electron chi connectivity index (χ1n) is 5.41. The summed E-state index contributed by atoms with van der Waals surface area (Å²) in [6, 6.07) is 0.551. The fourth-order valence-corrected chi connectivity index (χ4v) is 2.15. The Balaban J connectivity index is 2.33. The van der Waals surface area contributed by atoms with Crippen LogP contribution in [0.25, 0.3) is 11.2 Å². The van der Waals surface area contributed by atoms with Gasteiger partial charge in [0, 0.05) is 13.1 Å². The summed E-state index contributed by atoms with van der Waals surface area (Å²) in [6.07, 6.45) is 3.32. The van der Waals surface area contributed by atoms with Crippen LogP contribution < -0.4 is 5.73 Å². The van der Waals surface area contributed by atoms with Crippen molar-refractivity contribution in [2.75, 3.05) is 5.73 Å². The maximum atomic E-state index is 5.94. The third kappa shape index (κ3) is 1.09. The van der Waals surface area contributed by atoms with Gasteiger partial charge in [-0.05, 0) is 19.3 Å². The number of aryl methyl sites for hydroxylation is 2. The smallest absolute Gasteiger partial charge is 0.202 e. The van der Waals surface area contributed by atoms with E-state index in [1.165, 1.54) is 12.8 Å². The molecule has 1 aliphatic carbocycles. The summed E-state index contributed by atoms with van der Waals surface area (Å²) in [5, 5.41) is 4.46. The number of hydrogen-bond donors (Lipinski definition) is 1. The molecule has 0 bridgehead atoms. The third-order valence-corrected chi connectivity index (χ3v) is 3.01. The number of aromatic nitrogens is 4. The van der Waals surface area contributed by atoms with Gasteiger partial charge in [0.1, 0.15) is 5.52 Å². The molecule has 0 aliphatic heterocycles. The number of nitrogens with zero attached hydrogens (tertiary/aromatic N) is 4. The summed E-state index contributed by atoms with van der Waals surface area (Å²) in [5.74, 6) is 0.634. The molecule has 2 aromatic heterocycles. The highest BCUT2D eigenvalue weighted by atomic mass is 15.4. The van der Waals surface area contributed by atoms with Gasteiger partial charge in [0.15, 0.2) is 5.65 Å². The van der Waals surface area contributed by atoms with Gasteiger partial charge >= 0.3 is 0 Å². The van der Waals surface area contributed by atoms with Gasteiger partial charge in [0.2, 0.25) is 5.95 Å². The van der Waals surface area contributed by atoms with E-state index in [9.17, 15) is 0 Å². The maximum absolute atomic E-state index is 5.94. The number of rotatable bonds is 2. The third-order valence-electron chi connectivity index (χ3n) is 3.01. The van der Waals surface area contributed by atoms with Gasteiger partial charge in [-0.1, -0.05) is 6.92 Å². The average molecular weight is 205 g/mol. The summed E-state index contributed by atoms with van der Waals surface area (Å²) in [5.41, 5.74) is 9.03. The molecule has 5 nitrogen and oxygen atoms in total. The van der Waals surface area contributed by atoms with E-state index in [2.05, 4.69) is 21.6 Å². The van der Waals surface area contributed by atoms with Crippen molar-refractivity contribution in [1.29, 1.82) is 0 Å². The first-order valence-corrected chi connectivity index (χ1v) is 5.41. The predicted octanol–water partition coefficient (Wildman–Crippen LogP) is 1.25. The van der Waals surface area contributed by atoms with Crippen molar-refractivity contribution < 1.29 is 0 Å². The van der Waals surface area contributed by atoms with Crippen LogP contribution >= 0.6 is 0 Å². The van der Waals surface area contributed by atoms with Crippen LogP contribution in [-0.2, 0) is 13.5 Å². The summed E-state index contributed by atoms with van der Waals surface area (Å²) < 4.78 is 4.03. The van der Waals surface area contributed by atoms with Crippen LogP contribution in [0.3, 0.4) is 0 Å². The topological polar surface area (TPSA) is 61.7 Å². The minimum atomic E-state index is 0.551. The summed E-state index contributed by atoms with van der Waals surface area (Å²) in [4.78, 5) is 4.42. The molecule has 1 saturated carbocycles. The maximum Gasteiger partial charge on any atom is 0.202 e. The summed E-state index contributed by atoms with van der Waals surface area (Å²) >= 11 is 0. The second kappa shape index (κ2) is 2.74. The minimum Gasteiger partial charge on any atom is -0.369 e. The van der Waals surface area contributed by atoms with Crippen molar-refractivity contribution >= 4 is 17.1 Å². The van der Waals surface area contributed by atoms with Crippen molar-refractivity contribution in [3.8, 4) is 0 Å². The lowest BCUT2D eigenvalue weighted by Crippen LogP contribution is -2.05. The van der Waals surface area contributed by atoms with Crippen LogP contribution in [-0.4, -0.2) is 19.3 Å². The van der Waals surface area contributed by atoms with Crippen LogP contribution in [0.1, 0.15) is 31.5 Å². The molecule has 0 aromatic carbocycles. The normalized spacial score (nSPS) is 16.4. The molecular formula is C10H15N5. The Morgan fingerprint density at radius 2 is 2.20 bits per heavy atom. The number of hydrogen-bond acceptors (Lipinski definition) is 3. The van der Waals surface area contributed by atoms with E-state index in [1.807, 2.05) is 11.7 Å². The monoisotopic (exact) mass is 205 g/mol. The molecule has 2 N–H and O–H groups in total. The standard InChI is InChI=1S/C10H15N5/c1-3-7-8-9(14(2)13-7)15(6-4-5-6)10(11)12-8/h6H,3-5H2,1-2H3,(H2,11,12). The molecule has 2 heterocycles. The Bertz CT molecular complexity index is 517. The first-order chi connectivity index (χ1) is 7.22. The van der Waals surface area contributed by atoms with E-state index in [1.54, 1.807) is 0 Å². The highest BCUT2D eigenvalue weighted by Crippen LogP contribution is 2.39. The highest BCUT2D eigenvalue weighted by Gasteiger charge is 2.29. The van der Waals surface area contributed by atoms with Gasteiger partial charge in [-0.2, -0.15) is 5.10 Å². The van der Waals surface area contributed by atoms with Gasteiger partial charge in [-0.3, -0.25) is 9.25 Å². The van der Waals surface area contributed by atoms with Crippen LogP contribution in [0.2, 0.25) is 0 Å². The average Bonchev–Trinajstić information content (AvgIpc) is 2.91. The fraction of sp³-hybridized carbons (Fsp3) is 0.600. The van der Waals surface area contributed by atoms with Gasteiger partial charge in [0.05, 0.1) is 5.69 Å². The lowest BCUT2D eigenvalue weighted by molar-refractivity contribution is 0.698. The van der Waals surface area contributed by atoms with Crippen LogP contribution in [0.5, 0.6) is 0 Å². The molecule has 2 aromatic rings. The molecule has 0 radical (unpaired) electrons. The van der Waals surface area contributed by atoms with Gasteiger partial charge in [0.25, 0.3) is 0 Å². The fourth-order valence-electron chi connectivity index (χ4n) is 2.15. The minimum absolute atomic E-state index is 0.551. The van der Waals surface area contributed by atoms with Crippen LogP contribution in [0.15, 0.2) is 0 Å². The van der Waals surface area contributed by atoms with Crippen LogP contribution in [0, 0.1) is 0 Å². The number of anilines is 1. The quantitative estimate of drug-likeness (QED) is 0.802. The molecule has 3 rings (SSSR count). The van der Waals surface area contributed by atoms with E-state index < -0.39 is 0 Å². The van der Waals surface area contributed by atoms with Gasteiger partial charge in [-0.15, -0.1) is 0 Å². The lowest BCUT2D eigenvalue weighted by Gasteiger charge is -2.03. The molecule has 1 fully saturated rings. The zero-order valence-corrected chi connectivity index (χ0v) is 9.06. The Labute approximate surface area is 87.9 Å². The number of nitrogen functional groups attached to an aromatic ring is 1. The SMILES string of the molecule is CCc1nn(C)c2c1nc(N)n2C1CC1. The van der Waals surface area contributed by atoms with Crippen molar-refractivity contribution in [2.45, 2.75) is 32.2 Å². The molecular weight excluding hydrogens is 190 g/mol. The Hall–Kier alpha value is -1.52. The van der Waals surface area contributed by atoms with E-state index in [-0.39, 0.29) is 0 Å². The number of nitrogens with two attached hydrogens (primary N) is 1. The largest absolute Gasteiger partial charge is 0.369 e. The Morgan fingerprint density at radius 3 is 2.80 bits per heavy atom. The van der Waals surface area contributed by atoms with Crippen molar-refractivity contribution in [3.05, 3.63) is 5.69 Å². The molecule has 5 heteroatoms. The van der Waals surface area contributed by atoms with Crippen molar-refractivity contribution in [2.24, 2.45) is 7.05 Å². The summed E-state index contributed by atoms with van der Waals surface area (Å²) in [6.45, 7) is 2.09. The molecule has 80 valence electrons. The predicted molar refractivity (Wildman–Crippen MR) is 58.6 cm³/mol. The molecule has 0 amide bonds. The van der Waals surface area contributed by atoms with Gasteiger partial charge in [-0.25, -0.2) is 4.98 Å². The molecule has 0 saturated heterocycles.